The second-order valence-corrected chi connectivity index (χ2v) is 4.98. The molecule has 5 nitrogen and oxygen atoms in total. The molecule has 0 aromatic heterocycles. The summed E-state index contributed by atoms with van der Waals surface area (Å²) in [4.78, 5) is 13.5. The van der Waals surface area contributed by atoms with E-state index in [0.29, 0.717) is 12.6 Å². The van der Waals surface area contributed by atoms with Crippen LogP contribution < -0.4 is 16.0 Å². The number of hydrogen-bond donors (Lipinski definition) is 2. The van der Waals surface area contributed by atoms with Crippen molar-refractivity contribution in [2.75, 3.05) is 20.2 Å². The second-order valence-electron chi connectivity index (χ2n) is 4.98. The number of hydrogen-bond acceptors (Lipinski definition) is 4. The van der Waals surface area contributed by atoms with Crippen LogP contribution in [-0.2, 0) is 11.2 Å². The number of nitrogens with zero attached hydrogens (tertiary/aromatic N) is 1. The maximum atomic E-state index is 11.2. The minimum Gasteiger partial charge on any atom is -0.492 e. The summed E-state index contributed by atoms with van der Waals surface area (Å²) in [7, 11) is 2.13. The van der Waals surface area contributed by atoms with Crippen LogP contribution in [0.25, 0.3) is 0 Å². The van der Waals surface area contributed by atoms with Crippen LogP contribution in [0.15, 0.2) is 24.3 Å². The third-order valence-corrected chi connectivity index (χ3v) is 3.54. The Morgan fingerprint density at radius 2 is 2.42 bits per heavy atom. The predicted octanol–water partition coefficient (Wildman–Crippen LogP) is 0.692. The van der Waals surface area contributed by atoms with Gasteiger partial charge < -0.3 is 9.64 Å². The highest BCUT2D eigenvalue weighted by Gasteiger charge is 2.21. The number of carbonyl (C=O) groups excluding carboxylic acids is 1. The Kier molecular flexibility index (Phi) is 4.76. The molecule has 0 saturated carbocycles. The Hall–Kier alpha value is -1.59. The average Bonchev–Trinajstić information content (AvgIpc) is 2.82. The molecule has 2 rings (SSSR count). The first-order valence-electron chi connectivity index (χ1n) is 6.60. The fourth-order valence-electron chi connectivity index (χ4n) is 2.36. The number of nitrogens with one attached hydrogen (secondary N) is 1. The number of hydrazine groups is 1. The van der Waals surface area contributed by atoms with E-state index in [0.717, 1.165) is 17.9 Å². The molecule has 0 spiro atoms. The fraction of sp³-hybridized carbons (Fsp3) is 0.500. The molecule has 1 aliphatic rings. The van der Waals surface area contributed by atoms with Crippen LogP contribution in [0.4, 0.5) is 0 Å². The van der Waals surface area contributed by atoms with Gasteiger partial charge in [-0.1, -0.05) is 12.1 Å². The molecule has 0 radical (unpaired) electrons. The van der Waals surface area contributed by atoms with Crippen LogP contribution in [0.1, 0.15) is 18.4 Å². The summed E-state index contributed by atoms with van der Waals surface area (Å²) in [5, 5.41) is 0. The van der Waals surface area contributed by atoms with Gasteiger partial charge >= 0.3 is 0 Å². The van der Waals surface area contributed by atoms with Crippen LogP contribution in [0, 0.1) is 0 Å². The molecule has 1 aliphatic heterocycles. The maximum Gasteiger partial charge on any atom is 0.238 e. The van der Waals surface area contributed by atoms with Gasteiger partial charge in [0, 0.05) is 6.04 Å². The predicted molar refractivity (Wildman–Crippen MR) is 73.6 cm³/mol. The molecule has 104 valence electrons. The van der Waals surface area contributed by atoms with E-state index in [1.807, 2.05) is 24.3 Å². The third kappa shape index (κ3) is 3.94. The number of amides is 1. The van der Waals surface area contributed by atoms with Gasteiger partial charge in [0.1, 0.15) is 12.4 Å². The van der Waals surface area contributed by atoms with Crippen molar-refractivity contribution in [3.63, 3.8) is 0 Å². The molecule has 5 heteroatoms. The number of likely N-dealkylation sites (N-methyl/N-ethyl adjacent to an activating group) is 1. The number of nitrogens with two attached hydrogens (primary N) is 1. The van der Waals surface area contributed by atoms with Crippen molar-refractivity contribution in [3.8, 4) is 5.75 Å². The van der Waals surface area contributed by atoms with Crippen molar-refractivity contribution in [1.29, 1.82) is 0 Å². The number of benzene rings is 1. The van der Waals surface area contributed by atoms with Crippen LogP contribution in [0.2, 0.25) is 0 Å². The first kappa shape index (κ1) is 13.8. The van der Waals surface area contributed by atoms with E-state index in [9.17, 15) is 4.79 Å². The fourth-order valence-corrected chi connectivity index (χ4v) is 2.36. The van der Waals surface area contributed by atoms with E-state index in [-0.39, 0.29) is 12.3 Å². The van der Waals surface area contributed by atoms with Crippen molar-refractivity contribution in [1.82, 2.24) is 10.3 Å². The molecule has 1 aromatic carbocycles. The lowest BCUT2D eigenvalue weighted by atomic mass is 10.1. The van der Waals surface area contributed by atoms with Crippen LogP contribution >= 0.6 is 0 Å². The lowest BCUT2D eigenvalue weighted by Crippen LogP contribution is -2.31. The lowest BCUT2D eigenvalue weighted by molar-refractivity contribution is -0.120. The van der Waals surface area contributed by atoms with Gasteiger partial charge in [0.25, 0.3) is 0 Å². The molecular weight excluding hydrogens is 242 g/mol. The molecule has 1 atom stereocenters. The molecule has 0 bridgehead atoms. The Bertz CT molecular complexity index is 436. The Balaban J connectivity index is 1.89. The summed E-state index contributed by atoms with van der Waals surface area (Å²) in [6.45, 7) is 1.84. The van der Waals surface area contributed by atoms with Gasteiger partial charge in [0.15, 0.2) is 0 Å². The zero-order valence-corrected chi connectivity index (χ0v) is 11.3. The van der Waals surface area contributed by atoms with Crippen molar-refractivity contribution in [2.45, 2.75) is 25.3 Å². The largest absolute Gasteiger partial charge is 0.492 e. The Labute approximate surface area is 113 Å². The van der Waals surface area contributed by atoms with E-state index in [2.05, 4.69) is 17.4 Å². The first-order valence-corrected chi connectivity index (χ1v) is 6.60. The topological polar surface area (TPSA) is 67.6 Å². The standard InChI is InChI=1S/C14H21N3O2/c1-17-7-3-5-12(17)10-19-13-6-2-4-11(8-13)9-14(18)16-15/h2,4,6,8,12H,3,5,7,9-10,15H2,1H3,(H,16,18)/t12-/m1/s1. The van der Waals surface area contributed by atoms with Crippen LogP contribution in [0.3, 0.4) is 0 Å². The van der Waals surface area contributed by atoms with Crippen molar-refractivity contribution in [2.24, 2.45) is 5.84 Å². The maximum absolute atomic E-state index is 11.2. The van der Waals surface area contributed by atoms with Gasteiger partial charge in [-0.25, -0.2) is 5.84 Å². The molecule has 0 unspecified atom stereocenters. The second kappa shape index (κ2) is 6.54. The molecule has 1 amide bonds. The van der Waals surface area contributed by atoms with Gasteiger partial charge in [0.05, 0.1) is 6.42 Å². The number of ether oxygens (including phenoxy) is 1. The molecule has 1 heterocycles. The van der Waals surface area contributed by atoms with E-state index in [1.165, 1.54) is 12.8 Å². The summed E-state index contributed by atoms with van der Waals surface area (Å²) >= 11 is 0. The van der Waals surface area contributed by atoms with Gasteiger partial charge in [-0.15, -0.1) is 0 Å². The molecule has 3 N–H and O–H groups in total. The van der Waals surface area contributed by atoms with E-state index in [1.54, 1.807) is 0 Å². The highest BCUT2D eigenvalue weighted by molar-refractivity contribution is 5.77. The van der Waals surface area contributed by atoms with Crippen molar-refractivity contribution in [3.05, 3.63) is 29.8 Å². The minimum atomic E-state index is -0.201. The zero-order valence-electron chi connectivity index (χ0n) is 11.3. The highest BCUT2D eigenvalue weighted by Crippen LogP contribution is 2.18. The highest BCUT2D eigenvalue weighted by atomic mass is 16.5. The monoisotopic (exact) mass is 263 g/mol. The summed E-state index contributed by atoms with van der Waals surface area (Å²) in [5.41, 5.74) is 3.03. The van der Waals surface area contributed by atoms with Crippen molar-refractivity contribution < 1.29 is 9.53 Å². The Morgan fingerprint density at radius 1 is 1.58 bits per heavy atom. The average molecular weight is 263 g/mol. The molecule has 1 saturated heterocycles. The number of carbonyl (C=O) groups is 1. The number of likely N-dealkylation sites (tertiary alicyclic amines) is 1. The van der Waals surface area contributed by atoms with Gasteiger partial charge in [-0.2, -0.15) is 0 Å². The summed E-state index contributed by atoms with van der Waals surface area (Å²) in [5.74, 6) is 5.69. The summed E-state index contributed by atoms with van der Waals surface area (Å²) in [6.07, 6.45) is 2.70. The Morgan fingerprint density at radius 3 is 3.11 bits per heavy atom. The van der Waals surface area contributed by atoms with Gasteiger partial charge in [-0.3, -0.25) is 10.2 Å². The van der Waals surface area contributed by atoms with Crippen LogP contribution in [0.5, 0.6) is 5.75 Å². The third-order valence-electron chi connectivity index (χ3n) is 3.54. The zero-order chi connectivity index (χ0) is 13.7. The van der Waals surface area contributed by atoms with Gasteiger partial charge in [0.2, 0.25) is 5.91 Å². The molecule has 0 aliphatic carbocycles. The summed E-state index contributed by atoms with van der Waals surface area (Å²) < 4.78 is 5.81. The van der Waals surface area contributed by atoms with E-state index >= 15 is 0 Å². The summed E-state index contributed by atoms with van der Waals surface area (Å²) in [6, 6.07) is 8.09. The van der Waals surface area contributed by atoms with Gasteiger partial charge in [-0.05, 0) is 44.1 Å². The van der Waals surface area contributed by atoms with E-state index < -0.39 is 0 Å². The number of rotatable bonds is 5. The quantitative estimate of drug-likeness (QED) is 0.466. The lowest BCUT2D eigenvalue weighted by Gasteiger charge is -2.19. The van der Waals surface area contributed by atoms with Crippen LogP contribution in [-0.4, -0.2) is 37.0 Å². The van der Waals surface area contributed by atoms with Crippen molar-refractivity contribution >= 4 is 5.91 Å². The molecule has 19 heavy (non-hydrogen) atoms. The molecule has 1 aromatic rings. The smallest absolute Gasteiger partial charge is 0.238 e. The first-order chi connectivity index (χ1) is 9.19. The van der Waals surface area contributed by atoms with E-state index in [4.69, 9.17) is 10.6 Å². The minimum absolute atomic E-state index is 0.201. The molecular formula is C14H21N3O2. The molecule has 1 fully saturated rings. The normalized spacial score (nSPS) is 19.4. The SMILES string of the molecule is CN1CCC[C@@H]1COc1cccc(CC(=O)NN)c1.